The molecule has 4 rings (SSSR count). The van der Waals surface area contributed by atoms with Gasteiger partial charge in [-0.25, -0.2) is 0 Å². The van der Waals surface area contributed by atoms with Crippen LogP contribution in [0.2, 0.25) is 29.6 Å². The summed E-state index contributed by atoms with van der Waals surface area (Å²) in [5.74, 6) is 0. The molecule has 0 aliphatic rings. The first-order valence-corrected chi connectivity index (χ1v) is 28.5. The molecule has 0 atom stereocenters. The standard InChI is InChI=1S/C14H6O2.6CH3.2Sn/c1-3-15-13-7-12-6-10-2-4-16-14(10)8-11(12)5-9(1)13;;;;;;;;/h1-2,5-8H;6*1H3;;. The van der Waals surface area contributed by atoms with Gasteiger partial charge < -0.3 is 0 Å². The Labute approximate surface area is 150 Å². The van der Waals surface area contributed by atoms with E-state index >= 15 is 0 Å². The molecule has 0 unspecified atom stereocenters. The monoisotopic (exact) mass is 536 g/mol. The zero-order valence-corrected chi connectivity index (χ0v) is 21.0. The average Bonchev–Trinajstić information content (AvgIpc) is 3.03. The summed E-state index contributed by atoms with van der Waals surface area (Å²) in [5, 5.41) is 4.89. The summed E-state index contributed by atoms with van der Waals surface area (Å²) in [7, 11) is 0. The molecular weight excluding hydrogens is 510 g/mol. The first kappa shape index (κ1) is 16.8. The molecule has 0 bridgehead atoms. The second kappa shape index (κ2) is 5.43. The van der Waals surface area contributed by atoms with E-state index in [1.54, 1.807) is 0 Å². The van der Waals surface area contributed by atoms with Crippen molar-refractivity contribution in [1.82, 2.24) is 0 Å². The van der Waals surface area contributed by atoms with Crippen LogP contribution in [0.1, 0.15) is 0 Å². The molecule has 2 nitrogen and oxygen atoms in total. The molecule has 0 fully saturated rings. The Balaban J connectivity index is 1.95. The van der Waals surface area contributed by atoms with Crippen LogP contribution in [-0.2, 0) is 0 Å². The number of fused-ring (bicyclic) bond motifs is 3. The number of hydrogen-bond donors (Lipinski definition) is 0. The molecule has 0 spiro atoms. The SMILES string of the molecule is [CH3][Sn]([CH3])([CH3])[c]1cc2cc3cc4o[c]([Sn]([CH3])([CH3])[CH3])cc4cc3cc2o1. The minimum absolute atomic E-state index is 1.02. The maximum absolute atomic E-state index is 6.19. The van der Waals surface area contributed by atoms with Gasteiger partial charge in [0.1, 0.15) is 0 Å². The van der Waals surface area contributed by atoms with Gasteiger partial charge in [-0.3, -0.25) is 0 Å². The van der Waals surface area contributed by atoms with E-state index < -0.39 is 36.8 Å². The second-order valence-electron chi connectivity index (χ2n) is 8.85. The molecular formula is C20H24O2Sn2. The van der Waals surface area contributed by atoms with Crippen LogP contribution < -0.4 is 7.55 Å². The quantitative estimate of drug-likeness (QED) is 0.322. The molecule has 0 saturated carbocycles. The van der Waals surface area contributed by atoms with E-state index in [4.69, 9.17) is 8.83 Å². The van der Waals surface area contributed by atoms with Crippen molar-refractivity contribution in [3.63, 3.8) is 0 Å². The van der Waals surface area contributed by atoms with Gasteiger partial charge in [-0.2, -0.15) is 0 Å². The van der Waals surface area contributed by atoms with Crippen LogP contribution in [0.5, 0.6) is 0 Å². The molecule has 24 heavy (non-hydrogen) atoms. The van der Waals surface area contributed by atoms with E-state index in [0.717, 1.165) is 11.2 Å². The van der Waals surface area contributed by atoms with Gasteiger partial charge in [-0.15, -0.1) is 0 Å². The Kier molecular flexibility index (Phi) is 3.81. The van der Waals surface area contributed by atoms with Crippen LogP contribution in [0.3, 0.4) is 0 Å². The molecule has 0 N–H and O–H groups in total. The van der Waals surface area contributed by atoms with Gasteiger partial charge in [0.05, 0.1) is 0 Å². The van der Waals surface area contributed by atoms with E-state index in [0.29, 0.717) is 0 Å². The van der Waals surface area contributed by atoms with Crippen molar-refractivity contribution in [2.45, 2.75) is 29.6 Å². The molecule has 4 heteroatoms. The van der Waals surface area contributed by atoms with Crippen molar-refractivity contribution in [2.75, 3.05) is 0 Å². The van der Waals surface area contributed by atoms with Gasteiger partial charge in [0.2, 0.25) is 0 Å². The summed E-state index contributed by atoms with van der Waals surface area (Å²) in [5.41, 5.74) is 2.03. The molecule has 2 heterocycles. The molecule has 2 aromatic carbocycles. The predicted octanol–water partition coefficient (Wildman–Crippen LogP) is 5.42. The molecule has 0 aliphatic carbocycles. The van der Waals surface area contributed by atoms with Gasteiger partial charge >= 0.3 is 152 Å². The number of hydrogen-bond acceptors (Lipinski definition) is 2. The fraction of sp³-hybridized carbons (Fsp3) is 0.300. The van der Waals surface area contributed by atoms with E-state index in [1.807, 2.05) is 0 Å². The third-order valence-corrected chi connectivity index (χ3v) is 14.4. The summed E-state index contributed by atoms with van der Waals surface area (Å²) in [6.45, 7) is 0. The minimum atomic E-state index is -2.18. The Morgan fingerprint density at radius 2 is 0.875 bits per heavy atom. The Bertz CT molecular complexity index is 919. The third-order valence-electron chi connectivity index (χ3n) is 4.59. The van der Waals surface area contributed by atoms with E-state index in [9.17, 15) is 0 Å². The van der Waals surface area contributed by atoms with Crippen LogP contribution in [0.4, 0.5) is 0 Å². The van der Waals surface area contributed by atoms with Crippen molar-refractivity contribution in [1.29, 1.82) is 0 Å². The van der Waals surface area contributed by atoms with Gasteiger partial charge in [0.25, 0.3) is 0 Å². The van der Waals surface area contributed by atoms with Crippen LogP contribution in [0.15, 0.2) is 45.2 Å². The number of rotatable bonds is 2. The van der Waals surface area contributed by atoms with Gasteiger partial charge in [0.15, 0.2) is 0 Å². The summed E-state index contributed by atoms with van der Waals surface area (Å²) >= 11 is -4.36. The normalized spacial score (nSPS) is 13.4. The average molecular weight is 534 g/mol. The third kappa shape index (κ3) is 2.89. The van der Waals surface area contributed by atoms with Crippen molar-refractivity contribution in [3.8, 4) is 0 Å². The molecule has 2 aromatic heterocycles. The van der Waals surface area contributed by atoms with Gasteiger partial charge in [0, 0.05) is 0 Å². The summed E-state index contributed by atoms with van der Waals surface area (Å²) in [4.78, 5) is 14.3. The molecule has 0 radical (unpaired) electrons. The Morgan fingerprint density at radius 3 is 1.21 bits per heavy atom. The van der Waals surface area contributed by atoms with Crippen molar-refractivity contribution < 1.29 is 8.83 Å². The first-order chi connectivity index (χ1) is 11.1. The second-order valence-corrected chi connectivity index (χ2v) is 37.3. The molecule has 0 saturated heterocycles. The van der Waals surface area contributed by atoms with Gasteiger partial charge in [-0.1, -0.05) is 0 Å². The molecule has 0 aliphatic heterocycles. The topological polar surface area (TPSA) is 26.3 Å². The predicted molar refractivity (Wildman–Crippen MR) is 109 cm³/mol. The van der Waals surface area contributed by atoms with E-state index in [2.05, 4.69) is 66.0 Å². The van der Waals surface area contributed by atoms with Crippen LogP contribution in [-0.4, -0.2) is 36.8 Å². The Hall–Kier alpha value is -0.623. The fourth-order valence-electron chi connectivity index (χ4n) is 3.06. The van der Waals surface area contributed by atoms with Crippen LogP contribution in [0, 0.1) is 0 Å². The van der Waals surface area contributed by atoms with Crippen molar-refractivity contribution in [2.24, 2.45) is 0 Å². The zero-order chi connectivity index (χ0) is 17.3. The number of furan rings is 2. The fourth-order valence-corrected chi connectivity index (χ4v) is 8.80. The Morgan fingerprint density at radius 1 is 0.500 bits per heavy atom. The molecule has 0 amide bonds. The van der Waals surface area contributed by atoms with Crippen molar-refractivity contribution >= 4 is 77.0 Å². The van der Waals surface area contributed by atoms with E-state index in [-0.39, 0.29) is 0 Å². The van der Waals surface area contributed by atoms with E-state index in [1.165, 1.54) is 29.1 Å². The molecule has 124 valence electrons. The summed E-state index contributed by atoms with van der Waals surface area (Å²) in [6.07, 6.45) is 0. The zero-order valence-electron chi connectivity index (χ0n) is 15.3. The summed E-state index contributed by atoms with van der Waals surface area (Å²) in [6, 6.07) is 13.4. The van der Waals surface area contributed by atoms with Crippen LogP contribution >= 0.6 is 0 Å². The van der Waals surface area contributed by atoms with Crippen LogP contribution in [0.25, 0.3) is 32.7 Å². The van der Waals surface area contributed by atoms with Gasteiger partial charge in [-0.05, 0) is 0 Å². The first-order valence-electron chi connectivity index (χ1n) is 8.53. The maximum atomic E-state index is 6.19. The number of benzene rings is 2. The summed E-state index contributed by atoms with van der Waals surface area (Å²) < 4.78 is 14.9. The molecule has 4 aromatic rings. The van der Waals surface area contributed by atoms with Crippen molar-refractivity contribution in [3.05, 3.63) is 36.4 Å².